The van der Waals surface area contributed by atoms with Crippen LogP contribution >= 0.6 is 0 Å². The molecule has 0 amide bonds. The van der Waals surface area contributed by atoms with Crippen molar-refractivity contribution in [3.63, 3.8) is 0 Å². The summed E-state index contributed by atoms with van der Waals surface area (Å²) < 4.78 is 4.68. The summed E-state index contributed by atoms with van der Waals surface area (Å²) in [6.45, 7) is 5.15. The molecule has 1 atom stereocenters. The lowest BCUT2D eigenvalue weighted by molar-refractivity contribution is -0.139. The molecule has 0 aliphatic rings. The largest absolute Gasteiger partial charge is 0.469 e. The lowest BCUT2D eigenvalue weighted by Gasteiger charge is -2.16. The summed E-state index contributed by atoms with van der Waals surface area (Å²) in [7, 11) is 1.39. The van der Waals surface area contributed by atoms with Gasteiger partial charge < -0.3 is 15.2 Å². The standard InChI is InChI=1S/C15H23NO3/c1-11(2)14(17)10-16-9-13-7-5-4-6-12(13)8-15(18)19-3/h4-7,11,14,16-17H,8-10H2,1-3H3. The van der Waals surface area contributed by atoms with E-state index in [0.29, 0.717) is 13.1 Å². The van der Waals surface area contributed by atoms with Crippen molar-refractivity contribution in [2.24, 2.45) is 5.92 Å². The number of rotatable bonds is 7. The first-order chi connectivity index (χ1) is 9.04. The summed E-state index contributed by atoms with van der Waals surface area (Å²) in [6, 6.07) is 7.75. The molecule has 0 spiro atoms. The van der Waals surface area contributed by atoms with E-state index in [0.717, 1.165) is 11.1 Å². The number of carbonyl (C=O) groups excluding carboxylic acids is 1. The van der Waals surface area contributed by atoms with Gasteiger partial charge >= 0.3 is 5.97 Å². The molecule has 2 N–H and O–H groups in total. The fraction of sp³-hybridized carbons (Fsp3) is 0.533. The first-order valence-electron chi connectivity index (χ1n) is 6.57. The number of nitrogens with one attached hydrogen (secondary N) is 1. The van der Waals surface area contributed by atoms with Crippen LogP contribution < -0.4 is 5.32 Å². The van der Waals surface area contributed by atoms with Crippen molar-refractivity contribution in [1.82, 2.24) is 5.32 Å². The second kappa shape index (κ2) is 7.92. The van der Waals surface area contributed by atoms with Crippen molar-refractivity contribution in [2.45, 2.75) is 32.9 Å². The smallest absolute Gasteiger partial charge is 0.309 e. The molecule has 0 aliphatic heterocycles. The van der Waals surface area contributed by atoms with Gasteiger partial charge in [0, 0.05) is 13.1 Å². The SMILES string of the molecule is COC(=O)Cc1ccccc1CNCC(O)C(C)C. The number of carbonyl (C=O) groups is 1. The van der Waals surface area contributed by atoms with Gasteiger partial charge in [-0.05, 0) is 17.0 Å². The normalized spacial score (nSPS) is 12.5. The molecule has 0 saturated heterocycles. The van der Waals surface area contributed by atoms with Gasteiger partial charge in [0.05, 0.1) is 19.6 Å². The number of aliphatic hydroxyl groups excluding tert-OH is 1. The van der Waals surface area contributed by atoms with Gasteiger partial charge in [0.25, 0.3) is 0 Å². The third kappa shape index (κ3) is 5.41. The summed E-state index contributed by atoms with van der Waals surface area (Å²) in [4.78, 5) is 11.3. The number of ether oxygens (including phenoxy) is 1. The van der Waals surface area contributed by atoms with Crippen molar-refractivity contribution in [2.75, 3.05) is 13.7 Å². The predicted molar refractivity (Wildman–Crippen MR) is 74.7 cm³/mol. The summed E-state index contributed by atoms with van der Waals surface area (Å²) >= 11 is 0. The van der Waals surface area contributed by atoms with E-state index in [1.807, 2.05) is 38.1 Å². The molecule has 19 heavy (non-hydrogen) atoms. The Hall–Kier alpha value is -1.39. The summed E-state index contributed by atoms with van der Waals surface area (Å²) in [5.41, 5.74) is 2.02. The highest BCUT2D eigenvalue weighted by atomic mass is 16.5. The van der Waals surface area contributed by atoms with Crippen molar-refractivity contribution in [3.8, 4) is 0 Å². The lowest BCUT2D eigenvalue weighted by atomic mass is 10.0. The van der Waals surface area contributed by atoms with Crippen molar-refractivity contribution >= 4 is 5.97 Å². The zero-order valence-corrected chi connectivity index (χ0v) is 11.8. The number of hydrogen-bond donors (Lipinski definition) is 2. The number of esters is 1. The molecule has 1 unspecified atom stereocenters. The molecule has 0 aromatic heterocycles. The molecule has 0 radical (unpaired) electrons. The number of benzene rings is 1. The predicted octanol–water partition coefficient (Wildman–Crippen LogP) is 1.51. The Kier molecular flexibility index (Phi) is 6.53. The van der Waals surface area contributed by atoms with E-state index in [1.54, 1.807) is 0 Å². The number of hydrogen-bond acceptors (Lipinski definition) is 4. The maximum atomic E-state index is 11.3. The van der Waals surface area contributed by atoms with Crippen molar-refractivity contribution < 1.29 is 14.6 Å². The van der Waals surface area contributed by atoms with Crippen LogP contribution in [0.3, 0.4) is 0 Å². The molecule has 1 rings (SSSR count). The van der Waals surface area contributed by atoms with E-state index < -0.39 is 0 Å². The average Bonchev–Trinajstić information content (AvgIpc) is 2.40. The van der Waals surface area contributed by atoms with Crippen molar-refractivity contribution in [3.05, 3.63) is 35.4 Å². The van der Waals surface area contributed by atoms with Crippen LogP contribution in [-0.4, -0.2) is 30.8 Å². The first-order valence-corrected chi connectivity index (χ1v) is 6.57. The minimum atomic E-state index is -0.354. The van der Waals surface area contributed by atoms with Gasteiger partial charge in [-0.3, -0.25) is 4.79 Å². The average molecular weight is 265 g/mol. The second-order valence-corrected chi connectivity index (χ2v) is 4.96. The highest BCUT2D eigenvalue weighted by Crippen LogP contribution is 2.10. The molecule has 106 valence electrons. The fourth-order valence-electron chi connectivity index (χ4n) is 1.72. The second-order valence-electron chi connectivity index (χ2n) is 4.96. The first kappa shape index (κ1) is 15.7. The Morgan fingerprint density at radius 2 is 1.95 bits per heavy atom. The third-order valence-corrected chi connectivity index (χ3v) is 3.12. The summed E-state index contributed by atoms with van der Waals surface area (Å²) in [5.74, 6) is -0.00696. The van der Waals surface area contributed by atoms with E-state index in [4.69, 9.17) is 0 Å². The van der Waals surface area contributed by atoms with Crippen LogP contribution in [-0.2, 0) is 22.5 Å². The van der Waals surface area contributed by atoms with Crippen LogP contribution in [0.1, 0.15) is 25.0 Å². The van der Waals surface area contributed by atoms with Gasteiger partial charge in [0.2, 0.25) is 0 Å². The van der Waals surface area contributed by atoms with E-state index >= 15 is 0 Å². The monoisotopic (exact) mass is 265 g/mol. The van der Waals surface area contributed by atoms with Crippen LogP contribution in [0, 0.1) is 5.92 Å². The van der Waals surface area contributed by atoms with E-state index in [1.165, 1.54) is 7.11 Å². The molecule has 0 saturated carbocycles. The fourth-order valence-corrected chi connectivity index (χ4v) is 1.72. The van der Waals surface area contributed by atoms with Gasteiger partial charge in [-0.25, -0.2) is 0 Å². The zero-order chi connectivity index (χ0) is 14.3. The topological polar surface area (TPSA) is 58.6 Å². The van der Waals surface area contributed by atoms with Crippen molar-refractivity contribution in [1.29, 1.82) is 0 Å². The zero-order valence-electron chi connectivity index (χ0n) is 11.8. The highest BCUT2D eigenvalue weighted by molar-refractivity contribution is 5.72. The number of methoxy groups -OCH3 is 1. The van der Waals surface area contributed by atoms with Gasteiger partial charge in [-0.1, -0.05) is 38.1 Å². The molecular weight excluding hydrogens is 242 g/mol. The van der Waals surface area contributed by atoms with Crippen LogP contribution in [0.15, 0.2) is 24.3 Å². The molecule has 4 nitrogen and oxygen atoms in total. The Morgan fingerprint density at radius 1 is 1.32 bits per heavy atom. The lowest BCUT2D eigenvalue weighted by Crippen LogP contribution is -2.30. The van der Waals surface area contributed by atoms with E-state index in [2.05, 4.69) is 10.1 Å². The highest BCUT2D eigenvalue weighted by Gasteiger charge is 2.10. The quantitative estimate of drug-likeness (QED) is 0.734. The Balaban J connectivity index is 2.55. The number of aliphatic hydroxyl groups is 1. The van der Waals surface area contributed by atoms with Gasteiger partial charge in [0.15, 0.2) is 0 Å². The molecule has 0 bridgehead atoms. The molecule has 1 aromatic carbocycles. The van der Waals surface area contributed by atoms with Gasteiger partial charge in [0.1, 0.15) is 0 Å². The van der Waals surface area contributed by atoms with Crippen LogP contribution in [0.5, 0.6) is 0 Å². The van der Waals surface area contributed by atoms with E-state index in [9.17, 15) is 9.90 Å². The Bertz CT molecular complexity index is 404. The Morgan fingerprint density at radius 3 is 2.53 bits per heavy atom. The maximum Gasteiger partial charge on any atom is 0.309 e. The molecule has 0 fully saturated rings. The molecule has 1 aromatic rings. The third-order valence-electron chi connectivity index (χ3n) is 3.12. The molecule has 0 heterocycles. The van der Waals surface area contributed by atoms with Gasteiger partial charge in [-0.2, -0.15) is 0 Å². The summed E-state index contributed by atoms with van der Waals surface area (Å²) in [6.07, 6.45) is -0.0751. The van der Waals surface area contributed by atoms with Crippen LogP contribution in [0.4, 0.5) is 0 Å². The van der Waals surface area contributed by atoms with E-state index in [-0.39, 0.29) is 24.4 Å². The molecule has 0 aliphatic carbocycles. The maximum absolute atomic E-state index is 11.3. The minimum absolute atomic E-state index is 0.234. The Labute approximate surface area is 114 Å². The minimum Gasteiger partial charge on any atom is -0.469 e. The molecule has 4 heteroatoms. The van der Waals surface area contributed by atoms with Crippen LogP contribution in [0.2, 0.25) is 0 Å². The van der Waals surface area contributed by atoms with Gasteiger partial charge in [-0.15, -0.1) is 0 Å². The summed E-state index contributed by atoms with van der Waals surface area (Å²) in [5, 5.41) is 12.9. The molecular formula is C15H23NO3. The van der Waals surface area contributed by atoms with Crippen LogP contribution in [0.25, 0.3) is 0 Å².